The SMILES string of the molecule is CCOC(=O)CN1C(=O)S/C(=C/c2ccc(OCc3ccc(C)cc3)c(OCC)c2)C1=O. The van der Waals surface area contributed by atoms with E-state index in [0.29, 0.717) is 30.3 Å². The van der Waals surface area contributed by atoms with Gasteiger partial charge in [-0.15, -0.1) is 0 Å². The van der Waals surface area contributed by atoms with Crippen molar-refractivity contribution in [2.24, 2.45) is 0 Å². The number of aryl methyl sites for hydroxylation is 1. The largest absolute Gasteiger partial charge is 0.490 e. The number of hydrogen-bond donors (Lipinski definition) is 0. The van der Waals surface area contributed by atoms with E-state index in [-0.39, 0.29) is 11.5 Å². The smallest absolute Gasteiger partial charge is 0.326 e. The van der Waals surface area contributed by atoms with E-state index in [1.807, 2.05) is 38.1 Å². The molecule has 8 heteroatoms. The summed E-state index contributed by atoms with van der Waals surface area (Å²) in [5, 5.41) is -0.502. The van der Waals surface area contributed by atoms with Gasteiger partial charge in [-0.3, -0.25) is 19.3 Å². The minimum absolute atomic E-state index is 0.184. The third-order valence-electron chi connectivity index (χ3n) is 4.55. The highest BCUT2D eigenvalue weighted by atomic mass is 32.2. The van der Waals surface area contributed by atoms with Crippen LogP contribution in [-0.4, -0.2) is 41.8 Å². The molecule has 0 radical (unpaired) electrons. The fourth-order valence-electron chi connectivity index (χ4n) is 2.97. The molecule has 1 aliphatic rings. The monoisotopic (exact) mass is 455 g/mol. The van der Waals surface area contributed by atoms with Gasteiger partial charge in [0.25, 0.3) is 11.1 Å². The fraction of sp³-hybridized carbons (Fsp3) is 0.292. The topological polar surface area (TPSA) is 82.1 Å². The quantitative estimate of drug-likeness (QED) is 0.405. The summed E-state index contributed by atoms with van der Waals surface area (Å²) in [5.74, 6) is -0.0189. The summed E-state index contributed by atoms with van der Waals surface area (Å²) in [6.45, 7) is 6.19. The van der Waals surface area contributed by atoms with Crippen molar-refractivity contribution in [2.75, 3.05) is 19.8 Å². The first kappa shape index (κ1) is 23.4. The average Bonchev–Trinajstić information content (AvgIpc) is 3.02. The van der Waals surface area contributed by atoms with E-state index in [1.165, 1.54) is 5.56 Å². The summed E-state index contributed by atoms with van der Waals surface area (Å²) in [5.41, 5.74) is 2.90. The zero-order valence-electron chi connectivity index (χ0n) is 18.3. The molecule has 7 nitrogen and oxygen atoms in total. The van der Waals surface area contributed by atoms with Crippen molar-refractivity contribution in [3.8, 4) is 11.5 Å². The molecule has 0 N–H and O–H groups in total. The van der Waals surface area contributed by atoms with Crippen molar-refractivity contribution in [3.63, 3.8) is 0 Å². The van der Waals surface area contributed by atoms with Gasteiger partial charge in [0.2, 0.25) is 0 Å². The van der Waals surface area contributed by atoms with Gasteiger partial charge in [0.15, 0.2) is 11.5 Å². The van der Waals surface area contributed by atoms with Crippen LogP contribution in [-0.2, 0) is 20.9 Å². The van der Waals surface area contributed by atoms with Gasteiger partial charge in [-0.05, 0) is 61.9 Å². The minimum Gasteiger partial charge on any atom is -0.490 e. The zero-order valence-corrected chi connectivity index (χ0v) is 19.1. The maximum Gasteiger partial charge on any atom is 0.326 e. The van der Waals surface area contributed by atoms with Crippen molar-refractivity contribution in [2.45, 2.75) is 27.4 Å². The first-order valence-corrected chi connectivity index (χ1v) is 11.1. The minimum atomic E-state index is -0.621. The molecule has 0 bridgehead atoms. The number of hydrogen-bond acceptors (Lipinski definition) is 7. The molecular weight excluding hydrogens is 430 g/mol. The lowest BCUT2D eigenvalue weighted by molar-refractivity contribution is -0.145. The molecule has 0 saturated carbocycles. The van der Waals surface area contributed by atoms with Crippen molar-refractivity contribution in [3.05, 3.63) is 64.1 Å². The lowest BCUT2D eigenvalue weighted by Crippen LogP contribution is -2.34. The summed E-state index contributed by atoms with van der Waals surface area (Å²) in [6.07, 6.45) is 1.60. The zero-order chi connectivity index (χ0) is 23.1. The van der Waals surface area contributed by atoms with Gasteiger partial charge in [-0.2, -0.15) is 0 Å². The summed E-state index contributed by atoms with van der Waals surface area (Å²) < 4.78 is 16.5. The molecule has 0 unspecified atom stereocenters. The summed E-state index contributed by atoms with van der Waals surface area (Å²) in [6, 6.07) is 13.4. The van der Waals surface area contributed by atoms with Crippen molar-refractivity contribution in [1.82, 2.24) is 4.90 Å². The lowest BCUT2D eigenvalue weighted by atomic mass is 10.1. The van der Waals surface area contributed by atoms with Gasteiger partial charge in [-0.25, -0.2) is 0 Å². The number of amides is 2. The molecular formula is C24H25NO6S. The summed E-state index contributed by atoms with van der Waals surface area (Å²) in [7, 11) is 0. The molecule has 1 saturated heterocycles. The normalized spacial score (nSPS) is 14.7. The van der Waals surface area contributed by atoms with Gasteiger partial charge in [0.1, 0.15) is 13.2 Å². The highest BCUT2D eigenvalue weighted by molar-refractivity contribution is 8.18. The Morgan fingerprint density at radius 3 is 2.44 bits per heavy atom. The molecule has 0 aromatic heterocycles. The number of ether oxygens (including phenoxy) is 3. The predicted octanol–water partition coefficient (Wildman–Crippen LogP) is 4.57. The van der Waals surface area contributed by atoms with Crippen LogP contribution in [0.1, 0.15) is 30.5 Å². The Morgan fingerprint density at radius 2 is 1.75 bits per heavy atom. The van der Waals surface area contributed by atoms with Gasteiger partial charge in [0, 0.05) is 0 Å². The molecule has 2 amide bonds. The molecule has 1 aliphatic heterocycles. The fourth-order valence-corrected chi connectivity index (χ4v) is 3.81. The van der Waals surface area contributed by atoms with Gasteiger partial charge >= 0.3 is 5.97 Å². The second-order valence-corrected chi connectivity index (χ2v) is 7.98. The van der Waals surface area contributed by atoms with E-state index < -0.39 is 23.7 Å². The van der Waals surface area contributed by atoms with Crippen LogP contribution in [0.4, 0.5) is 4.79 Å². The number of carbonyl (C=O) groups excluding carboxylic acids is 3. The van der Waals surface area contributed by atoms with E-state index in [4.69, 9.17) is 14.2 Å². The number of benzene rings is 2. The Morgan fingerprint density at radius 1 is 1.00 bits per heavy atom. The number of rotatable bonds is 9. The van der Waals surface area contributed by atoms with Crippen LogP contribution in [0.3, 0.4) is 0 Å². The number of thioether (sulfide) groups is 1. The Labute approximate surface area is 191 Å². The Bertz CT molecular complexity index is 1030. The van der Waals surface area contributed by atoms with Crippen molar-refractivity contribution < 1.29 is 28.6 Å². The number of imide groups is 1. The van der Waals surface area contributed by atoms with Crippen molar-refractivity contribution >= 4 is 35.0 Å². The van der Waals surface area contributed by atoms with Gasteiger partial charge in [-0.1, -0.05) is 35.9 Å². The molecule has 0 spiro atoms. The van der Waals surface area contributed by atoms with Crippen LogP contribution < -0.4 is 9.47 Å². The predicted molar refractivity (Wildman–Crippen MR) is 122 cm³/mol. The van der Waals surface area contributed by atoms with E-state index in [2.05, 4.69) is 0 Å². The number of esters is 1. The Hall–Kier alpha value is -3.26. The molecule has 1 fully saturated rings. The summed E-state index contributed by atoms with van der Waals surface area (Å²) in [4.78, 5) is 37.5. The second-order valence-electron chi connectivity index (χ2n) is 6.99. The molecule has 0 atom stereocenters. The average molecular weight is 456 g/mol. The molecule has 1 heterocycles. The van der Waals surface area contributed by atoms with Crippen LogP contribution in [0.2, 0.25) is 0 Å². The standard InChI is InChI=1S/C24H25NO6S/c1-4-29-20-12-18(10-11-19(20)31-15-17-8-6-16(3)7-9-17)13-21-23(27)25(24(28)32-21)14-22(26)30-5-2/h6-13H,4-5,14-15H2,1-3H3/b21-13+. The Balaban J connectivity index is 1.75. The van der Waals surface area contributed by atoms with Gasteiger partial charge < -0.3 is 14.2 Å². The molecule has 32 heavy (non-hydrogen) atoms. The summed E-state index contributed by atoms with van der Waals surface area (Å²) >= 11 is 0.787. The molecule has 168 valence electrons. The van der Waals surface area contributed by atoms with Crippen LogP contribution in [0.5, 0.6) is 11.5 Å². The molecule has 2 aromatic rings. The Kier molecular flexibility index (Phi) is 7.94. The third-order valence-corrected chi connectivity index (χ3v) is 5.45. The maximum atomic E-state index is 12.6. The van der Waals surface area contributed by atoms with Crippen LogP contribution in [0, 0.1) is 6.92 Å². The molecule has 0 aliphatic carbocycles. The van der Waals surface area contributed by atoms with E-state index in [9.17, 15) is 14.4 Å². The van der Waals surface area contributed by atoms with E-state index >= 15 is 0 Å². The first-order valence-electron chi connectivity index (χ1n) is 10.3. The molecule has 2 aromatic carbocycles. The lowest BCUT2D eigenvalue weighted by Gasteiger charge is -2.13. The highest BCUT2D eigenvalue weighted by Crippen LogP contribution is 2.35. The van der Waals surface area contributed by atoms with Crippen LogP contribution >= 0.6 is 11.8 Å². The highest BCUT2D eigenvalue weighted by Gasteiger charge is 2.36. The van der Waals surface area contributed by atoms with E-state index in [1.54, 1.807) is 31.2 Å². The number of carbonyl (C=O) groups is 3. The third kappa shape index (κ3) is 5.91. The van der Waals surface area contributed by atoms with Gasteiger partial charge in [0.05, 0.1) is 18.1 Å². The second kappa shape index (κ2) is 10.9. The molecule has 3 rings (SSSR count). The number of nitrogens with zero attached hydrogens (tertiary/aromatic N) is 1. The van der Waals surface area contributed by atoms with Crippen LogP contribution in [0.15, 0.2) is 47.4 Å². The maximum absolute atomic E-state index is 12.6. The van der Waals surface area contributed by atoms with Crippen molar-refractivity contribution in [1.29, 1.82) is 0 Å². The van der Waals surface area contributed by atoms with Crippen LogP contribution in [0.25, 0.3) is 6.08 Å². The van der Waals surface area contributed by atoms with E-state index in [0.717, 1.165) is 22.2 Å². The first-order chi connectivity index (χ1) is 15.4.